The Kier molecular flexibility index (Phi) is 8.29. The number of benzene rings is 2. The van der Waals surface area contributed by atoms with E-state index in [1.165, 1.54) is 38.4 Å². The molecule has 2 amide bonds. The van der Waals surface area contributed by atoms with E-state index in [4.69, 9.17) is 23.7 Å². The van der Waals surface area contributed by atoms with Gasteiger partial charge in [-0.1, -0.05) is 6.07 Å². The van der Waals surface area contributed by atoms with Crippen LogP contribution < -0.4 is 23.7 Å². The molecule has 2 aromatic rings. The number of ketones is 1. The van der Waals surface area contributed by atoms with Crippen LogP contribution in [-0.2, 0) is 16.0 Å². The molecule has 2 aromatic carbocycles. The fraction of sp³-hybridized carbons (Fsp3) is 0.464. The van der Waals surface area contributed by atoms with Crippen LogP contribution in [0.25, 0.3) is 0 Å². The topological polar surface area (TPSA) is 104 Å². The molecule has 0 spiro atoms. The molecule has 204 valence electrons. The van der Waals surface area contributed by atoms with Crippen LogP contribution >= 0.6 is 0 Å². The lowest BCUT2D eigenvalue weighted by atomic mass is 10.0. The number of carbonyl (C=O) groups excluding carboxylic acids is 3. The van der Waals surface area contributed by atoms with E-state index in [1.807, 2.05) is 23.1 Å². The SMILES string of the molecule is COc1ccc(CCCN2C[C@H]3CC[C@@H](C2=O)N3C(=O)C(=O)c2cc(OC)c(OC)c(OC)c2)cc1OC. The largest absolute Gasteiger partial charge is 0.493 e. The molecule has 0 aromatic heterocycles. The first-order valence-corrected chi connectivity index (χ1v) is 12.5. The Morgan fingerprint density at radius 1 is 0.842 bits per heavy atom. The second-order valence-corrected chi connectivity index (χ2v) is 9.28. The van der Waals surface area contributed by atoms with Gasteiger partial charge in [0.25, 0.3) is 11.7 Å². The monoisotopic (exact) mass is 526 g/mol. The number of amides is 2. The summed E-state index contributed by atoms with van der Waals surface area (Å²) in [6.07, 6.45) is 2.75. The van der Waals surface area contributed by atoms with Crippen LogP contribution in [0.5, 0.6) is 28.7 Å². The first-order valence-electron chi connectivity index (χ1n) is 12.5. The summed E-state index contributed by atoms with van der Waals surface area (Å²) in [6, 6.07) is 7.87. The second-order valence-electron chi connectivity index (χ2n) is 9.28. The number of methoxy groups -OCH3 is 5. The number of hydrogen-bond donors (Lipinski definition) is 0. The number of hydrogen-bond acceptors (Lipinski definition) is 8. The summed E-state index contributed by atoms with van der Waals surface area (Å²) in [4.78, 5) is 43.2. The molecule has 2 aliphatic rings. The van der Waals surface area contributed by atoms with E-state index in [2.05, 4.69) is 0 Å². The number of rotatable bonds is 11. The average Bonchev–Trinajstić information content (AvgIpc) is 3.30. The number of fused-ring (bicyclic) bond motifs is 2. The highest BCUT2D eigenvalue weighted by atomic mass is 16.5. The zero-order valence-electron chi connectivity index (χ0n) is 22.4. The smallest absolute Gasteiger partial charge is 0.295 e. The Labute approximate surface area is 222 Å². The maximum atomic E-state index is 13.3. The molecule has 2 aliphatic heterocycles. The third kappa shape index (κ3) is 5.07. The molecular formula is C28H34N2O8. The summed E-state index contributed by atoms with van der Waals surface area (Å²) >= 11 is 0. The molecule has 0 aliphatic carbocycles. The fourth-order valence-corrected chi connectivity index (χ4v) is 5.33. The molecule has 4 rings (SSSR count). The minimum atomic E-state index is -0.712. The lowest BCUT2D eigenvalue weighted by molar-refractivity contribution is -0.149. The quantitative estimate of drug-likeness (QED) is 0.325. The van der Waals surface area contributed by atoms with Crippen LogP contribution in [0.4, 0.5) is 0 Å². The molecule has 2 heterocycles. The fourth-order valence-electron chi connectivity index (χ4n) is 5.33. The van der Waals surface area contributed by atoms with Crippen molar-refractivity contribution in [3.05, 3.63) is 41.5 Å². The number of ether oxygens (including phenoxy) is 5. The number of aryl methyl sites for hydroxylation is 1. The van der Waals surface area contributed by atoms with Gasteiger partial charge in [-0.05, 0) is 55.5 Å². The van der Waals surface area contributed by atoms with Crippen molar-refractivity contribution in [2.45, 2.75) is 37.8 Å². The second kappa shape index (κ2) is 11.6. The van der Waals surface area contributed by atoms with Gasteiger partial charge in [0, 0.05) is 18.7 Å². The summed E-state index contributed by atoms with van der Waals surface area (Å²) in [5.41, 5.74) is 1.21. The molecule has 0 unspecified atom stereocenters. The molecule has 0 N–H and O–H groups in total. The van der Waals surface area contributed by atoms with Crippen LogP contribution in [0.15, 0.2) is 30.3 Å². The zero-order valence-corrected chi connectivity index (χ0v) is 22.4. The Balaban J connectivity index is 1.42. The molecule has 10 nitrogen and oxygen atoms in total. The van der Waals surface area contributed by atoms with Gasteiger partial charge in [-0.3, -0.25) is 14.4 Å². The number of likely N-dealkylation sites (tertiary alicyclic amines) is 1. The van der Waals surface area contributed by atoms with E-state index < -0.39 is 17.7 Å². The molecule has 2 bridgehead atoms. The van der Waals surface area contributed by atoms with Crippen molar-refractivity contribution >= 4 is 17.6 Å². The molecule has 10 heteroatoms. The number of Topliss-reactive ketones (excluding diaryl/α,β-unsaturated/α-hetero) is 1. The van der Waals surface area contributed by atoms with Gasteiger partial charge < -0.3 is 33.5 Å². The van der Waals surface area contributed by atoms with Gasteiger partial charge in [0.1, 0.15) is 6.04 Å². The van der Waals surface area contributed by atoms with Crippen molar-refractivity contribution in [1.29, 1.82) is 0 Å². The predicted octanol–water partition coefficient (Wildman–Crippen LogP) is 2.75. The van der Waals surface area contributed by atoms with Crippen molar-refractivity contribution in [2.24, 2.45) is 0 Å². The first-order chi connectivity index (χ1) is 18.4. The minimum Gasteiger partial charge on any atom is -0.493 e. The standard InChI is InChI=1S/C28H34N2O8/c1-34-21-11-8-17(13-22(21)35-2)7-6-12-29-16-19-9-10-20(27(29)32)30(19)28(33)25(31)18-14-23(36-3)26(38-5)24(15-18)37-4/h8,11,13-15,19-20H,6-7,9-10,12,16H2,1-5H3/t19-,20+/m1/s1. The molecule has 2 saturated heterocycles. The van der Waals surface area contributed by atoms with Crippen LogP contribution in [-0.4, -0.2) is 88.1 Å². The summed E-state index contributed by atoms with van der Waals surface area (Å²) in [5.74, 6) is 0.713. The highest BCUT2D eigenvalue weighted by molar-refractivity contribution is 6.43. The summed E-state index contributed by atoms with van der Waals surface area (Å²) < 4.78 is 26.6. The van der Waals surface area contributed by atoms with E-state index >= 15 is 0 Å². The van der Waals surface area contributed by atoms with Gasteiger partial charge in [-0.2, -0.15) is 0 Å². The van der Waals surface area contributed by atoms with Crippen molar-refractivity contribution in [1.82, 2.24) is 9.80 Å². The van der Waals surface area contributed by atoms with Gasteiger partial charge in [0.2, 0.25) is 11.7 Å². The Morgan fingerprint density at radius 3 is 2.11 bits per heavy atom. The molecule has 0 radical (unpaired) electrons. The summed E-state index contributed by atoms with van der Waals surface area (Å²) in [5, 5.41) is 0. The van der Waals surface area contributed by atoms with Crippen molar-refractivity contribution < 1.29 is 38.1 Å². The third-order valence-electron chi connectivity index (χ3n) is 7.23. The van der Waals surface area contributed by atoms with Crippen LogP contribution in [0, 0.1) is 0 Å². The third-order valence-corrected chi connectivity index (χ3v) is 7.23. The number of carbonyl (C=O) groups is 3. The van der Waals surface area contributed by atoms with Gasteiger partial charge in [0.15, 0.2) is 23.0 Å². The van der Waals surface area contributed by atoms with Crippen LogP contribution in [0.3, 0.4) is 0 Å². The predicted molar refractivity (Wildman–Crippen MR) is 139 cm³/mol. The lowest BCUT2D eigenvalue weighted by Crippen LogP contribution is -2.60. The highest BCUT2D eigenvalue weighted by Crippen LogP contribution is 2.39. The normalized spacial score (nSPS) is 18.3. The maximum Gasteiger partial charge on any atom is 0.295 e. The van der Waals surface area contributed by atoms with E-state index in [0.29, 0.717) is 43.2 Å². The first kappa shape index (κ1) is 27.1. The Hall–Kier alpha value is -3.95. The number of piperazine rings is 1. The number of nitrogens with zero attached hydrogens (tertiary/aromatic N) is 2. The highest BCUT2D eigenvalue weighted by Gasteiger charge is 2.49. The van der Waals surface area contributed by atoms with E-state index in [9.17, 15) is 14.4 Å². The maximum absolute atomic E-state index is 13.3. The molecule has 2 atom stereocenters. The average molecular weight is 527 g/mol. The molecular weight excluding hydrogens is 492 g/mol. The van der Waals surface area contributed by atoms with E-state index in [0.717, 1.165) is 18.4 Å². The van der Waals surface area contributed by atoms with Crippen LogP contribution in [0.2, 0.25) is 0 Å². The van der Waals surface area contributed by atoms with E-state index in [-0.39, 0.29) is 29.0 Å². The van der Waals surface area contributed by atoms with Gasteiger partial charge in [0.05, 0.1) is 41.6 Å². The van der Waals surface area contributed by atoms with Gasteiger partial charge >= 0.3 is 0 Å². The van der Waals surface area contributed by atoms with Crippen molar-refractivity contribution in [3.8, 4) is 28.7 Å². The Morgan fingerprint density at radius 2 is 1.50 bits per heavy atom. The van der Waals surface area contributed by atoms with E-state index in [1.54, 1.807) is 14.2 Å². The van der Waals surface area contributed by atoms with Crippen molar-refractivity contribution in [2.75, 3.05) is 48.6 Å². The Bertz CT molecular complexity index is 1190. The zero-order chi connectivity index (χ0) is 27.4. The lowest BCUT2D eigenvalue weighted by Gasteiger charge is -2.40. The van der Waals surface area contributed by atoms with Gasteiger partial charge in [-0.25, -0.2) is 0 Å². The molecule has 2 fully saturated rings. The van der Waals surface area contributed by atoms with Crippen molar-refractivity contribution in [3.63, 3.8) is 0 Å². The van der Waals surface area contributed by atoms with Gasteiger partial charge in [-0.15, -0.1) is 0 Å². The summed E-state index contributed by atoms with van der Waals surface area (Å²) in [6.45, 7) is 0.985. The summed E-state index contributed by atoms with van der Waals surface area (Å²) in [7, 11) is 7.54. The van der Waals surface area contributed by atoms with Crippen LogP contribution in [0.1, 0.15) is 35.2 Å². The molecule has 0 saturated carbocycles. The minimum absolute atomic E-state index is 0.114. The molecule has 38 heavy (non-hydrogen) atoms.